The van der Waals surface area contributed by atoms with Crippen LogP contribution < -0.4 is 10.6 Å². The fourth-order valence-electron chi connectivity index (χ4n) is 2.74. The Bertz CT molecular complexity index is 671. The molecule has 1 aromatic heterocycles. The summed E-state index contributed by atoms with van der Waals surface area (Å²) in [5.41, 5.74) is 2.40. The number of hydrogen-bond acceptors (Lipinski definition) is 2. The zero-order valence-electron chi connectivity index (χ0n) is 12.7. The first-order chi connectivity index (χ1) is 10.8. The van der Waals surface area contributed by atoms with Gasteiger partial charge in [-0.3, -0.25) is 4.99 Å². The van der Waals surface area contributed by atoms with Gasteiger partial charge in [0.1, 0.15) is 0 Å². The molecule has 5 heteroatoms. The predicted octanol–water partition coefficient (Wildman–Crippen LogP) is 2.06. The molecule has 114 valence electrons. The normalized spacial score (nSPS) is 24.1. The van der Waals surface area contributed by atoms with Crippen LogP contribution in [0.1, 0.15) is 30.7 Å². The van der Waals surface area contributed by atoms with Crippen molar-refractivity contribution in [1.29, 1.82) is 0 Å². The second kappa shape index (κ2) is 5.48. The third-order valence-electron chi connectivity index (χ3n) is 4.31. The summed E-state index contributed by atoms with van der Waals surface area (Å²) < 4.78 is 1.95. The molecule has 1 aromatic carbocycles. The van der Waals surface area contributed by atoms with Crippen LogP contribution in [0.2, 0.25) is 0 Å². The van der Waals surface area contributed by atoms with Crippen molar-refractivity contribution in [1.82, 2.24) is 20.4 Å². The third-order valence-corrected chi connectivity index (χ3v) is 4.31. The minimum atomic E-state index is 0.471. The molecule has 2 aliphatic carbocycles. The van der Waals surface area contributed by atoms with E-state index in [0.29, 0.717) is 18.0 Å². The number of aromatic nitrogens is 2. The molecule has 2 fully saturated rings. The van der Waals surface area contributed by atoms with E-state index < -0.39 is 0 Å². The molecule has 0 radical (unpaired) electrons. The van der Waals surface area contributed by atoms with E-state index in [1.165, 1.54) is 18.4 Å². The highest BCUT2D eigenvalue weighted by Crippen LogP contribution is 2.40. The molecular formula is C17H21N5. The summed E-state index contributed by atoms with van der Waals surface area (Å²) in [4.78, 5) is 4.30. The Hall–Kier alpha value is -2.30. The van der Waals surface area contributed by atoms with E-state index in [4.69, 9.17) is 0 Å². The van der Waals surface area contributed by atoms with Gasteiger partial charge in [0.2, 0.25) is 0 Å². The van der Waals surface area contributed by atoms with Gasteiger partial charge >= 0.3 is 0 Å². The molecule has 1 heterocycles. The van der Waals surface area contributed by atoms with Crippen molar-refractivity contribution in [3.8, 4) is 5.69 Å². The zero-order valence-corrected chi connectivity index (χ0v) is 12.7. The number of benzene rings is 1. The van der Waals surface area contributed by atoms with E-state index in [-0.39, 0.29) is 0 Å². The molecule has 2 atom stereocenters. The van der Waals surface area contributed by atoms with Gasteiger partial charge in [-0.05, 0) is 37.0 Å². The van der Waals surface area contributed by atoms with Gasteiger partial charge in [-0.1, -0.05) is 18.2 Å². The summed E-state index contributed by atoms with van der Waals surface area (Å²) >= 11 is 0. The monoisotopic (exact) mass is 295 g/mol. The topological polar surface area (TPSA) is 54.2 Å². The molecule has 0 aliphatic heterocycles. The third kappa shape index (κ3) is 2.84. The van der Waals surface area contributed by atoms with Crippen molar-refractivity contribution >= 4 is 5.96 Å². The number of nitrogens with zero attached hydrogens (tertiary/aromatic N) is 3. The molecule has 0 saturated heterocycles. The van der Waals surface area contributed by atoms with Crippen molar-refractivity contribution in [3.63, 3.8) is 0 Å². The molecule has 5 nitrogen and oxygen atoms in total. The number of aliphatic imine (C=N–C) groups is 1. The molecular weight excluding hydrogens is 274 g/mol. The van der Waals surface area contributed by atoms with E-state index >= 15 is 0 Å². The van der Waals surface area contributed by atoms with Crippen molar-refractivity contribution in [2.24, 2.45) is 4.99 Å². The van der Waals surface area contributed by atoms with Crippen LogP contribution in [0.15, 0.2) is 47.7 Å². The second-order valence-corrected chi connectivity index (χ2v) is 6.14. The van der Waals surface area contributed by atoms with Crippen LogP contribution in [0.4, 0.5) is 0 Å². The smallest absolute Gasteiger partial charge is 0.191 e. The highest BCUT2D eigenvalue weighted by atomic mass is 15.3. The minimum absolute atomic E-state index is 0.471. The minimum Gasteiger partial charge on any atom is -0.354 e. The van der Waals surface area contributed by atoms with Gasteiger partial charge in [-0.25, -0.2) is 4.68 Å². The maximum absolute atomic E-state index is 4.48. The lowest BCUT2D eigenvalue weighted by Gasteiger charge is -2.10. The van der Waals surface area contributed by atoms with Crippen LogP contribution >= 0.6 is 0 Å². The van der Waals surface area contributed by atoms with E-state index in [1.54, 1.807) is 0 Å². The molecule has 0 amide bonds. The molecule has 2 N–H and O–H groups in total. The summed E-state index contributed by atoms with van der Waals surface area (Å²) in [6.45, 7) is 0. The maximum atomic E-state index is 4.48. The van der Waals surface area contributed by atoms with E-state index in [0.717, 1.165) is 18.1 Å². The summed E-state index contributed by atoms with van der Waals surface area (Å²) in [6, 6.07) is 11.3. The number of hydrogen-bond donors (Lipinski definition) is 2. The van der Waals surface area contributed by atoms with Gasteiger partial charge in [0.25, 0.3) is 0 Å². The van der Waals surface area contributed by atoms with Crippen LogP contribution in [0, 0.1) is 0 Å². The Labute approximate surface area is 130 Å². The van der Waals surface area contributed by atoms with Crippen LogP contribution in [0.25, 0.3) is 5.69 Å². The first-order valence-electron chi connectivity index (χ1n) is 7.93. The van der Waals surface area contributed by atoms with Crippen LogP contribution in [0.3, 0.4) is 0 Å². The Morgan fingerprint density at radius 1 is 1.23 bits per heavy atom. The Kier molecular flexibility index (Phi) is 3.33. The Balaban J connectivity index is 1.39. The molecule has 0 bridgehead atoms. The highest BCUT2D eigenvalue weighted by Gasteiger charge is 2.40. The summed E-state index contributed by atoms with van der Waals surface area (Å²) in [6.07, 6.45) is 7.79. The SMILES string of the molecule is CN=C(NC1CC1)N[C@@H]1C[C@H]1c1cnn(-c2ccccc2)c1. The maximum Gasteiger partial charge on any atom is 0.191 e. The largest absolute Gasteiger partial charge is 0.354 e. The molecule has 4 rings (SSSR count). The zero-order chi connectivity index (χ0) is 14.9. The van der Waals surface area contributed by atoms with Gasteiger partial charge < -0.3 is 10.6 Å². The van der Waals surface area contributed by atoms with Crippen molar-refractivity contribution in [2.75, 3.05) is 7.05 Å². The molecule has 2 saturated carbocycles. The quantitative estimate of drug-likeness (QED) is 0.670. The van der Waals surface area contributed by atoms with Gasteiger partial charge in [0.05, 0.1) is 11.9 Å². The summed E-state index contributed by atoms with van der Waals surface area (Å²) in [5.74, 6) is 1.47. The van der Waals surface area contributed by atoms with E-state index in [9.17, 15) is 0 Å². The second-order valence-electron chi connectivity index (χ2n) is 6.14. The molecule has 2 aromatic rings. The molecule has 2 aliphatic rings. The Morgan fingerprint density at radius 2 is 2.05 bits per heavy atom. The van der Waals surface area contributed by atoms with Crippen molar-refractivity contribution < 1.29 is 0 Å². The highest BCUT2D eigenvalue weighted by molar-refractivity contribution is 5.81. The van der Waals surface area contributed by atoms with E-state index in [1.807, 2.05) is 36.1 Å². The lowest BCUT2D eigenvalue weighted by Crippen LogP contribution is -2.40. The average Bonchev–Trinajstić information content (AvgIpc) is 3.48. The van der Waals surface area contributed by atoms with Crippen LogP contribution in [-0.2, 0) is 0 Å². The van der Waals surface area contributed by atoms with Crippen molar-refractivity contribution in [3.05, 3.63) is 48.3 Å². The average molecular weight is 295 g/mol. The number of guanidine groups is 1. The fourth-order valence-corrected chi connectivity index (χ4v) is 2.74. The van der Waals surface area contributed by atoms with Crippen LogP contribution in [-0.4, -0.2) is 34.9 Å². The fraction of sp³-hybridized carbons (Fsp3) is 0.412. The molecule has 0 spiro atoms. The van der Waals surface area contributed by atoms with Crippen LogP contribution in [0.5, 0.6) is 0 Å². The first-order valence-corrected chi connectivity index (χ1v) is 7.93. The van der Waals surface area contributed by atoms with Crippen molar-refractivity contribution in [2.45, 2.75) is 37.3 Å². The number of rotatable bonds is 4. The lowest BCUT2D eigenvalue weighted by molar-refractivity contribution is 0.787. The van der Waals surface area contributed by atoms with Gasteiger partial charge in [0.15, 0.2) is 5.96 Å². The Morgan fingerprint density at radius 3 is 2.77 bits per heavy atom. The van der Waals surface area contributed by atoms with E-state index in [2.05, 4.69) is 39.1 Å². The predicted molar refractivity (Wildman–Crippen MR) is 87.4 cm³/mol. The molecule has 0 unspecified atom stereocenters. The van der Waals surface area contributed by atoms with Gasteiger partial charge in [-0.2, -0.15) is 5.10 Å². The lowest BCUT2D eigenvalue weighted by atomic mass is 10.2. The number of nitrogens with one attached hydrogen (secondary N) is 2. The standard InChI is InChI=1S/C17H21N5/c1-18-17(20-13-7-8-13)21-16-9-15(16)12-10-19-22(11-12)14-5-3-2-4-6-14/h2-6,10-11,13,15-16H,7-9H2,1H3,(H2,18,20,21)/t15-,16+/m0/s1. The summed E-state index contributed by atoms with van der Waals surface area (Å²) in [5, 5.41) is 11.4. The number of para-hydroxylation sites is 1. The molecule has 22 heavy (non-hydrogen) atoms. The van der Waals surface area contributed by atoms with Gasteiger partial charge in [0, 0.05) is 31.2 Å². The van der Waals surface area contributed by atoms with Gasteiger partial charge in [-0.15, -0.1) is 0 Å². The summed E-state index contributed by atoms with van der Waals surface area (Å²) in [7, 11) is 1.84. The first kappa shape index (κ1) is 13.4.